The molecule has 1 aromatic heterocycles. The maximum Gasteiger partial charge on any atom is 0.410 e. The van der Waals surface area contributed by atoms with Gasteiger partial charge in [-0.15, -0.1) is 0 Å². The highest BCUT2D eigenvalue weighted by molar-refractivity contribution is 6.18. The van der Waals surface area contributed by atoms with E-state index >= 15 is 0 Å². The Labute approximate surface area is 183 Å². The number of hydrogen-bond donors (Lipinski definition) is 0. The average molecular weight is 438 g/mol. The van der Waals surface area contributed by atoms with Crippen LogP contribution in [0.1, 0.15) is 65.9 Å². The fourth-order valence-electron chi connectivity index (χ4n) is 3.12. The number of nitrogens with zero attached hydrogens (tertiary/aromatic N) is 3. The molecule has 0 spiro atoms. The summed E-state index contributed by atoms with van der Waals surface area (Å²) in [5, 5.41) is 5.10. The van der Waals surface area contributed by atoms with E-state index in [1.54, 1.807) is 11.1 Å². The van der Waals surface area contributed by atoms with Gasteiger partial charge in [-0.3, -0.25) is 4.79 Å². The molecule has 1 saturated heterocycles. The molecule has 8 heteroatoms. The van der Waals surface area contributed by atoms with Gasteiger partial charge in [-0.2, -0.15) is 9.30 Å². The lowest BCUT2D eigenvalue weighted by molar-refractivity contribution is -0.138. The molecule has 2 heterocycles. The second kappa shape index (κ2) is 9.69. The van der Waals surface area contributed by atoms with Crippen molar-refractivity contribution in [2.45, 2.75) is 71.5 Å². The minimum atomic E-state index is -0.447. The first-order valence-electron chi connectivity index (χ1n) is 10.1. The Morgan fingerprint density at radius 3 is 2.27 bits per heavy atom. The third-order valence-electron chi connectivity index (χ3n) is 4.57. The van der Waals surface area contributed by atoms with Gasteiger partial charge in [0.2, 0.25) is 0 Å². The van der Waals surface area contributed by atoms with Gasteiger partial charge in [0.25, 0.3) is 6.47 Å². The lowest BCUT2D eigenvalue weighted by Gasteiger charge is -2.33. The Morgan fingerprint density at radius 2 is 1.77 bits per heavy atom. The van der Waals surface area contributed by atoms with Gasteiger partial charge in [0.05, 0.1) is 11.7 Å². The van der Waals surface area contributed by atoms with Crippen molar-refractivity contribution in [2.75, 3.05) is 13.1 Å². The number of hydrogen-bond acceptors (Lipinski definition) is 5. The number of amides is 1. The molecular weight excluding hydrogens is 406 g/mol. The summed E-state index contributed by atoms with van der Waals surface area (Å²) in [6.45, 7) is 13.0. The maximum atomic E-state index is 12.1. The number of benzene rings is 1. The first-order valence-corrected chi connectivity index (χ1v) is 10.5. The minimum absolute atomic E-state index is 0.217. The molecule has 3 rings (SSSR count). The van der Waals surface area contributed by atoms with E-state index in [1.807, 2.05) is 41.5 Å². The molecule has 0 unspecified atom stereocenters. The summed E-state index contributed by atoms with van der Waals surface area (Å²) in [5.74, 6) is 0.435. The van der Waals surface area contributed by atoms with Gasteiger partial charge in [0.15, 0.2) is 0 Å². The molecule has 0 atom stereocenters. The number of aromatic nitrogens is 2. The summed E-state index contributed by atoms with van der Waals surface area (Å²) in [7, 11) is 0. The van der Waals surface area contributed by atoms with Gasteiger partial charge in [-0.05, 0) is 71.9 Å². The Bertz CT molecular complexity index is 859. The highest BCUT2D eigenvalue weighted by Crippen LogP contribution is 2.31. The number of rotatable bonds is 2. The van der Waals surface area contributed by atoms with Crippen LogP contribution in [-0.2, 0) is 14.3 Å². The maximum absolute atomic E-state index is 12.1. The Morgan fingerprint density at radius 1 is 1.13 bits per heavy atom. The van der Waals surface area contributed by atoms with Crippen LogP contribution in [-0.4, -0.2) is 51.1 Å². The highest BCUT2D eigenvalue weighted by Gasteiger charge is 2.27. The van der Waals surface area contributed by atoms with Crippen molar-refractivity contribution in [1.82, 2.24) is 14.2 Å². The van der Waals surface area contributed by atoms with Crippen LogP contribution in [0.3, 0.4) is 0 Å². The highest BCUT2D eigenvalue weighted by atomic mass is 35.5. The standard InChI is InChI=1S/C17H22ClN3O2.C5H10O2/c1-17(2,3)23-16(22)20-8-6-12(7-9-20)13-4-5-14-11-19-21(18)15(14)10-13;1-5(2,3)7-4-6/h4-5,10-12H,6-9H2,1-3H3;4H,1-3H3. The number of likely N-dealkylation sites (tertiary alicyclic amines) is 1. The quantitative estimate of drug-likeness (QED) is 0.610. The molecule has 1 aliphatic heterocycles. The van der Waals surface area contributed by atoms with Crippen LogP contribution in [0.4, 0.5) is 4.79 Å². The predicted octanol–water partition coefficient (Wildman–Crippen LogP) is 5.11. The molecule has 1 fully saturated rings. The van der Waals surface area contributed by atoms with Crippen molar-refractivity contribution in [3.63, 3.8) is 0 Å². The van der Waals surface area contributed by atoms with E-state index in [2.05, 4.69) is 28.0 Å². The van der Waals surface area contributed by atoms with Crippen LogP contribution in [0.2, 0.25) is 0 Å². The topological polar surface area (TPSA) is 73.7 Å². The summed E-state index contributed by atoms with van der Waals surface area (Å²) in [6.07, 6.45) is 3.41. The lowest BCUT2D eigenvalue weighted by Crippen LogP contribution is -2.41. The zero-order valence-corrected chi connectivity index (χ0v) is 19.4. The van der Waals surface area contributed by atoms with Gasteiger partial charge in [0, 0.05) is 30.3 Å². The van der Waals surface area contributed by atoms with Crippen molar-refractivity contribution in [3.8, 4) is 0 Å². The molecule has 0 N–H and O–H groups in total. The summed E-state index contributed by atoms with van der Waals surface area (Å²) in [6, 6.07) is 6.29. The van der Waals surface area contributed by atoms with E-state index < -0.39 is 5.60 Å². The van der Waals surface area contributed by atoms with E-state index in [-0.39, 0.29) is 11.7 Å². The number of carbonyl (C=O) groups is 2. The van der Waals surface area contributed by atoms with Gasteiger partial charge >= 0.3 is 6.09 Å². The van der Waals surface area contributed by atoms with Gasteiger partial charge in [0.1, 0.15) is 11.2 Å². The molecule has 1 amide bonds. The summed E-state index contributed by atoms with van der Waals surface area (Å²) in [5.41, 5.74) is 1.42. The van der Waals surface area contributed by atoms with Crippen LogP contribution in [0.15, 0.2) is 24.4 Å². The molecule has 7 nitrogen and oxygen atoms in total. The van der Waals surface area contributed by atoms with Crippen molar-refractivity contribution in [2.24, 2.45) is 0 Å². The summed E-state index contributed by atoms with van der Waals surface area (Å²) >= 11 is 6.05. The van der Waals surface area contributed by atoms with Gasteiger partial charge < -0.3 is 14.4 Å². The molecule has 166 valence electrons. The van der Waals surface area contributed by atoms with Crippen LogP contribution < -0.4 is 0 Å². The van der Waals surface area contributed by atoms with E-state index in [1.165, 1.54) is 9.76 Å². The normalized spacial score (nSPS) is 15.4. The molecule has 2 aromatic rings. The molecule has 0 saturated carbocycles. The van der Waals surface area contributed by atoms with Crippen LogP contribution in [0.25, 0.3) is 10.9 Å². The van der Waals surface area contributed by atoms with Crippen molar-refractivity contribution >= 4 is 35.2 Å². The third-order valence-corrected chi connectivity index (χ3v) is 4.84. The average Bonchev–Trinajstić information content (AvgIpc) is 3.00. The summed E-state index contributed by atoms with van der Waals surface area (Å²) < 4.78 is 11.4. The van der Waals surface area contributed by atoms with Crippen LogP contribution in [0.5, 0.6) is 0 Å². The van der Waals surface area contributed by atoms with E-state index in [0.29, 0.717) is 12.4 Å². The molecule has 0 radical (unpaired) electrons. The number of carbonyl (C=O) groups excluding carboxylic acids is 2. The fraction of sp³-hybridized carbons (Fsp3) is 0.591. The van der Waals surface area contributed by atoms with Gasteiger partial charge in [-0.1, -0.05) is 12.1 Å². The van der Waals surface area contributed by atoms with Crippen molar-refractivity contribution in [1.29, 1.82) is 0 Å². The lowest BCUT2D eigenvalue weighted by atomic mass is 9.89. The molecule has 30 heavy (non-hydrogen) atoms. The smallest absolute Gasteiger partial charge is 0.410 e. The summed E-state index contributed by atoms with van der Waals surface area (Å²) in [4.78, 5) is 23.5. The number of ether oxygens (including phenoxy) is 2. The number of fused-ring (bicyclic) bond motifs is 1. The number of halogens is 1. The molecule has 1 aromatic carbocycles. The monoisotopic (exact) mass is 437 g/mol. The first-order chi connectivity index (χ1) is 13.9. The first kappa shape index (κ1) is 24.0. The molecule has 1 aliphatic rings. The third kappa shape index (κ3) is 7.20. The number of piperidine rings is 1. The van der Waals surface area contributed by atoms with E-state index in [0.717, 1.165) is 36.8 Å². The van der Waals surface area contributed by atoms with Crippen LogP contribution >= 0.6 is 11.8 Å². The zero-order valence-electron chi connectivity index (χ0n) is 18.6. The minimum Gasteiger partial charge on any atom is -0.462 e. The second-order valence-electron chi connectivity index (χ2n) is 9.39. The zero-order chi connectivity index (χ0) is 22.5. The van der Waals surface area contributed by atoms with Crippen molar-refractivity contribution < 1.29 is 19.1 Å². The van der Waals surface area contributed by atoms with Crippen molar-refractivity contribution in [3.05, 3.63) is 30.0 Å². The van der Waals surface area contributed by atoms with Crippen LogP contribution in [0, 0.1) is 0 Å². The molecular formula is C22H32ClN3O4. The van der Waals surface area contributed by atoms with E-state index in [9.17, 15) is 9.59 Å². The SMILES string of the molecule is CC(C)(C)OC(=O)N1CCC(c2ccc3cnn(Cl)c3c2)CC1.CC(C)(C)OC=O. The van der Waals surface area contributed by atoms with E-state index in [4.69, 9.17) is 16.5 Å². The Balaban J connectivity index is 0.000000396. The Hall–Kier alpha value is -2.28. The molecule has 0 aliphatic carbocycles. The van der Waals surface area contributed by atoms with Gasteiger partial charge in [-0.25, -0.2) is 4.79 Å². The second-order valence-corrected chi connectivity index (χ2v) is 9.71. The largest absolute Gasteiger partial charge is 0.462 e. The Kier molecular flexibility index (Phi) is 7.75. The fourth-order valence-corrected chi connectivity index (χ4v) is 3.31. The molecule has 0 bridgehead atoms. The predicted molar refractivity (Wildman–Crippen MR) is 118 cm³/mol.